The van der Waals surface area contributed by atoms with E-state index < -0.39 is 23.3 Å². The normalized spacial score (nSPS) is 13.2. The van der Waals surface area contributed by atoms with Crippen molar-refractivity contribution in [2.75, 3.05) is 26.4 Å². The molecule has 3 aromatic rings. The van der Waals surface area contributed by atoms with E-state index in [9.17, 15) is 29.5 Å². The number of hydrogen-bond acceptors (Lipinski definition) is 8. The maximum Gasteiger partial charge on any atom is 0.308 e. The molecule has 39 heavy (non-hydrogen) atoms. The highest BCUT2D eigenvalue weighted by Gasteiger charge is 2.20. The smallest absolute Gasteiger partial charge is 0.308 e. The van der Waals surface area contributed by atoms with Crippen molar-refractivity contribution in [2.24, 2.45) is 0 Å². The van der Waals surface area contributed by atoms with Gasteiger partial charge in [-0.25, -0.2) is 4.39 Å². The molecule has 0 aliphatic heterocycles. The highest BCUT2D eigenvalue weighted by molar-refractivity contribution is 6.01. The fourth-order valence-electron chi connectivity index (χ4n) is 4.30. The number of hydrogen-bond donors (Lipinski definition) is 2. The zero-order chi connectivity index (χ0) is 28.4. The average Bonchev–Trinajstić information content (AvgIpc) is 3.21. The molecule has 1 heterocycles. The topological polar surface area (TPSA) is 133 Å². The van der Waals surface area contributed by atoms with Crippen LogP contribution in [0.3, 0.4) is 0 Å². The highest BCUT2D eigenvalue weighted by Crippen LogP contribution is 2.38. The van der Waals surface area contributed by atoms with Gasteiger partial charge in [0.15, 0.2) is 0 Å². The molecule has 210 valence electrons. The molecule has 0 radical (unpaired) electrons. The number of carbonyl (C=O) groups is 1. The second-order valence-electron chi connectivity index (χ2n) is 9.16. The SMILES string of the molecule is CC(C)n1c(C=C[C@@H](O)C[C@@H](O)CC(=O)OCCOCCO[N+](=O)[O-])c(-c2ccc(F)cc2)c2ccccc21. The first-order valence-corrected chi connectivity index (χ1v) is 12.6. The number of fused-ring (bicyclic) bond motifs is 1. The quantitative estimate of drug-likeness (QED) is 0.125. The van der Waals surface area contributed by atoms with Crippen LogP contribution in [0.5, 0.6) is 0 Å². The van der Waals surface area contributed by atoms with Gasteiger partial charge < -0.3 is 29.1 Å². The Bertz CT molecular complexity index is 1270. The van der Waals surface area contributed by atoms with E-state index in [0.717, 1.165) is 27.7 Å². The lowest BCUT2D eigenvalue weighted by Crippen LogP contribution is -2.22. The van der Waals surface area contributed by atoms with Crippen LogP contribution >= 0.6 is 0 Å². The predicted molar refractivity (Wildman–Crippen MR) is 143 cm³/mol. The summed E-state index contributed by atoms with van der Waals surface area (Å²) in [5.74, 6) is -0.997. The molecule has 0 unspecified atom stereocenters. The molecule has 0 fully saturated rings. The van der Waals surface area contributed by atoms with Crippen molar-refractivity contribution in [1.29, 1.82) is 0 Å². The first-order valence-electron chi connectivity index (χ1n) is 12.6. The third-order valence-corrected chi connectivity index (χ3v) is 5.91. The lowest BCUT2D eigenvalue weighted by molar-refractivity contribution is -0.758. The molecule has 0 amide bonds. The van der Waals surface area contributed by atoms with Crippen molar-refractivity contribution < 1.29 is 38.8 Å². The summed E-state index contributed by atoms with van der Waals surface area (Å²) >= 11 is 0. The number of aliphatic hydroxyl groups excluding tert-OH is 2. The summed E-state index contributed by atoms with van der Waals surface area (Å²) in [5, 5.41) is 31.0. The molecule has 0 aliphatic rings. The average molecular weight is 545 g/mol. The van der Waals surface area contributed by atoms with Gasteiger partial charge in [0, 0.05) is 34.6 Å². The van der Waals surface area contributed by atoms with Gasteiger partial charge in [-0.05, 0) is 43.7 Å². The Morgan fingerprint density at radius 2 is 1.77 bits per heavy atom. The molecular formula is C28H33FN2O8. The largest absolute Gasteiger partial charge is 0.463 e. The molecule has 0 spiro atoms. The van der Waals surface area contributed by atoms with E-state index in [-0.39, 0.29) is 51.1 Å². The Kier molecular flexibility index (Phi) is 11.0. The summed E-state index contributed by atoms with van der Waals surface area (Å²) in [6.07, 6.45) is 0.761. The number of aliphatic hydroxyl groups is 2. The minimum atomic E-state index is -1.14. The number of para-hydroxylation sites is 1. The summed E-state index contributed by atoms with van der Waals surface area (Å²) in [7, 11) is 0. The molecule has 11 heteroatoms. The molecule has 0 saturated carbocycles. The fourth-order valence-corrected chi connectivity index (χ4v) is 4.30. The Morgan fingerprint density at radius 1 is 1.08 bits per heavy atom. The number of carbonyl (C=O) groups excluding carboxylic acids is 1. The zero-order valence-electron chi connectivity index (χ0n) is 21.9. The molecule has 0 bridgehead atoms. The van der Waals surface area contributed by atoms with E-state index >= 15 is 0 Å². The van der Waals surface area contributed by atoms with Crippen molar-refractivity contribution >= 4 is 22.9 Å². The third-order valence-electron chi connectivity index (χ3n) is 5.91. The molecule has 2 N–H and O–H groups in total. The highest BCUT2D eigenvalue weighted by atomic mass is 19.1. The molecule has 2 aromatic carbocycles. The third kappa shape index (κ3) is 8.60. The number of aromatic nitrogens is 1. The standard InChI is InChI=1S/C28H33FN2O8/c1-19(2)30-25-6-4-3-5-24(25)28(20-7-9-21(29)10-8-20)26(30)12-11-22(32)17-23(33)18-27(34)38-15-13-37-14-16-39-31(35)36/h3-12,19,22-23,32-33H,13-18H2,1-2H3/t22-,23-/m1/s1. The van der Waals surface area contributed by atoms with Gasteiger partial charge in [-0.15, -0.1) is 10.1 Å². The van der Waals surface area contributed by atoms with E-state index in [1.807, 2.05) is 24.3 Å². The summed E-state index contributed by atoms with van der Waals surface area (Å²) in [6, 6.07) is 14.2. The van der Waals surface area contributed by atoms with Crippen LogP contribution < -0.4 is 0 Å². The Balaban J connectivity index is 1.64. The molecule has 1 aromatic heterocycles. The number of rotatable bonds is 15. The van der Waals surface area contributed by atoms with Crippen LogP contribution in [0.4, 0.5) is 4.39 Å². The van der Waals surface area contributed by atoms with Gasteiger partial charge in [0.25, 0.3) is 5.09 Å². The second-order valence-corrected chi connectivity index (χ2v) is 9.16. The van der Waals surface area contributed by atoms with Gasteiger partial charge >= 0.3 is 5.97 Å². The predicted octanol–water partition coefficient (Wildman–Crippen LogP) is 4.31. The summed E-state index contributed by atoms with van der Waals surface area (Å²) in [5.41, 5.74) is 3.56. The van der Waals surface area contributed by atoms with E-state index in [1.165, 1.54) is 12.1 Å². The Hall–Kier alpha value is -3.80. The van der Waals surface area contributed by atoms with Gasteiger partial charge in [-0.3, -0.25) is 4.79 Å². The summed E-state index contributed by atoms with van der Waals surface area (Å²) < 4.78 is 25.8. The van der Waals surface area contributed by atoms with Gasteiger partial charge in [-0.1, -0.05) is 36.4 Å². The molecule has 3 rings (SSSR count). The lowest BCUT2D eigenvalue weighted by atomic mass is 10.0. The van der Waals surface area contributed by atoms with Gasteiger partial charge in [0.1, 0.15) is 19.0 Å². The van der Waals surface area contributed by atoms with Crippen molar-refractivity contribution in [2.45, 2.75) is 44.9 Å². The Morgan fingerprint density at radius 3 is 2.46 bits per heavy atom. The summed E-state index contributed by atoms with van der Waals surface area (Å²) in [6.45, 7) is 3.78. The van der Waals surface area contributed by atoms with Crippen LogP contribution in [-0.4, -0.2) is 64.5 Å². The van der Waals surface area contributed by atoms with Crippen LogP contribution in [-0.2, 0) is 19.1 Å². The minimum absolute atomic E-state index is 0.0223. The van der Waals surface area contributed by atoms with Gasteiger partial charge in [0.05, 0.1) is 31.8 Å². The fraction of sp³-hybridized carbons (Fsp3) is 0.393. The minimum Gasteiger partial charge on any atom is -0.463 e. The molecule has 0 saturated heterocycles. The molecule has 10 nitrogen and oxygen atoms in total. The van der Waals surface area contributed by atoms with Crippen LogP contribution in [0.1, 0.15) is 38.4 Å². The lowest BCUT2D eigenvalue weighted by Gasteiger charge is -2.15. The van der Waals surface area contributed by atoms with Gasteiger partial charge in [-0.2, -0.15) is 0 Å². The van der Waals surface area contributed by atoms with Crippen LogP contribution in [0.15, 0.2) is 54.6 Å². The van der Waals surface area contributed by atoms with Gasteiger partial charge in [0.2, 0.25) is 0 Å². The summed E-state index contributed by atoms with van der Waals surface area (Å²) in [4.78, 5) is 26.1. The van der Waals surface area contributed by atoms with Crippen LogP contribution in [0.25, 0.3) is 28.1 Å². The van der Waals surface area contributed by atoms with Crippen molar-refractivity contribution in [3.8, 4) is 11.1 Å². The van der Waals surface area contributed by atoms with E-state index in [2.05, 4.69) is 23.3 Å². The second kappa shape index (κ2) is 14.4. The van der Waals surface area contributed by atoms with E-state index in [0.29, 0.717) is 0 Å². The number of nitrogens with zero attached hydrogens (tertiary/aromatic N) is 2. The number of halogens is 1. The first kappa shape index (κ1) is 29.8. The molecular weight excluding hydrogens is 511 g/mol. The number of ether oxygens (including phenoxy) is 2. The molecule has 0 aliphatic carbocycles. The van der Waals surface area contributed by atoms with Crippen LogP contribution in [0, 0.1) is 15.9 Å². The maximum absolute atomic E-state index is 13.6. The van der Waals surface area contributed by atoms with Crippen molar-refractivity contribution in [3.63, 3.8) is 0 Å². The monoisotopic (exact) mass is 544 g/mol. The van der Waals surface area contributed by atoms with Crippen molar-refractivity contribution in [3.05, 3.63) is 76.2 Å². The maximum atomic E-state index is 13.6. The number of benzene rings is 2. The molecule has 2 atom stereocenters. The van der Waals surface area contributed by atoms with Crippen molar-refractivity contribution in [1.82, 2.24) is 4.57 Å². The van der Waals surface area contributed by atoms with E-state index in [1.54, 1.807) is 24.3 Å². The first-order chi connectivity index (χ1) is 18.7. The van der Waals surface area contributed by atoms with Crippen LogP contribution in [0.2, 0.25) is 0 Å². The van der Waals surface area contributed by atoms with E-state index in [4.69, 9.17) is 9.47 Å². The number of esters is 1. The zero-order valence-corrected chi connectivity index (χ0v) is 21.9. The Labute approximate surface area is 225 Å².